The molecule has 1 atom stereocenters. The average Bonchev–Trinajstić information content (AvgIpc) is 3.20. The summed E-state index contributed by atoms with van der Waals surface area (Å²) in [5.41, 5.74) is 2.30. The van der Waals surface area contributed by atoms with Crippen molar-refractivity contribution in [2.24, 2.45) is 0 Å². The fourth-order valence-electron chi connectivity index (χ4n) is 6.29. The Hall–Kier alpha value is -4.96. The summed E-state index contributed by atoms with van der Waals surface area (Å²) in [7, 11) is 1.11. The van der Waals surface area contributed by atoms with Crippen LogP contribution in [-0.2, 0) is 26.0 Å². The average molecular weight is 804 g/mol. The third-order valence-electron chi connectivity index (χ3n) is 9.38. The van der Waals surface area contributed by atoms with Crippen molar-refractivity contribution in [1.82, 2.24) is 14.5 Å². The molecule has 1 saturated heterocycles. The van der Waals surface area contributed by atoms with E-state index in [0.717, 1.165) is 53.5 Å². The number of carbonyl (C=O) groups is 2. The van der Waals surface area contributed by atoms with Crippen molar-refractivity contribution in [2.45, 2.75) is 47.9 Å². The number of morpholine rings is 1. The Morgan fingerprint density at radius 1 is 0.982 bits per heavy atom. The highest BCUT2D eigenvalue weighted by Gasteiger charge is 2.25. The monoisotopic (exact) mass is 803 g/mol. The summed E-state index contributed by atoms with van der Waals surface area (Å²) in [6, 6.07) is 25.4. The van der Waals surface area contributed by atoms with Gasteiger partial charge in [-0.3, -0.25) is 19.7 Å². The van der Waals surface area contributed by atoms with E-state index in [1.54, 1.807) is 31.0 Å². The number of hydrogen-bond donors (Lipinski definition) is 2. The number of nitro groups is 1. The molecule has 0 spiro atoms. The van der Waals surface area contributed by atoms with Crippen LogP contribution in [0.4, 0.5) is 11.4 Å². The third-order valence-corrected chi connectivity index (χ3v) is 11.9. The second kappa shape index (κ2) is 20.3. The van der Waals surface area contributed by atoms with E-state index in [0.29, 0.717) is 50.6 Å². The van der Waals surface area contributed by atoms with Crippen LogP contribution in [0.2, 0.25) is 0 Å². The first-order valence-electron chi connectivity index (χ1n) is 18.5. The van der Waals surface area contributed by atoms with Crippen LogP contribution in [0.3, 0.4) is 0 Å². The normalized spacial score (nSPS) is 13.6. The van der Waals surface area contributed by atoms with Crippen LogP contribution in [0, 0.1) is 10.1 Å². The first kappa shape index (κ1) is 42.2. The van der Waals surface area contributed by atoms with Crippen LogP contribution in [0.15, 0.2) is 101 Å². The second-order valence-electron chi connectivity index (χ2n) is 13.7. The van der Waals surface area contributed by atoms with E-state index in [1.807, 2.05) is 67.5 Å². The van der Waals surface area contributed by atoms with Gasteiger partial charge in [-0.1, -0.05) is 48.9 Å². The highest BCUT2D eigenvalue weighted by molar-refractivity contribution is 7.99. The molecule has 1 fully saturated rings. The van der Waals surface area contributed by atoms with Crippen LogP contribution in [0.1, 0.15) is 41.6 Å². The number of nitrogens with one attached hydrogen (secondary N) is 2. The number of rotatable bonds is 19. The van der Waals surface area contributed by atoms with Gasteiger partial charge in [-0.2, -0.15) is 0 Å². The van der Waals surface area contributed by atoms with Gasteiger partial charge in [-0.15, -0.1) is 11.8 Å². The number of unbranched alkanes of at least 4 members (excludes halogenated alkanes) is 1. The zero-order valence-electron chi connectivity index (χ0n) is 31.9. The van der Waals surface area contributed by atoms with Crippen molar-refractivity contribution in [2.75, 3.05) is 65.1 Å². The number of ether oxygens (including phenoxy) is 2. The number of nitrogens with zero attached hydrogens (tertiary/aromatic N) is 3. The maximum Gasteiger partial charge on any atom is 0.293 e. The largest absolute Gasteiger partial charge is 0.496 e. The second-order valence-corrected chi connectivity index (χ2v) is 16.5. The van der Waals surface area contributed by atoms with Gasteiger partial charge < -0.3 is 24.6 Å². The fraction of sp³-hybridized carbons (Fsp3) is 0.366. The molecule has 0 bridgehead atoms. The molecular formula is C41H49N5O8S2. The Bertz CT molecular complexity index is 2060. The predicted molar refractivity (Wildman–Crippen MR) is 219 cm³/mol. The van der Waals surface area contributed by atoms with Gasteiger partial charge in [0.1, 0.15) is 11.4 Å². The number of aryl methyl sites for hydroxylation is 1. The highest BCUT2D eigenvalue weighted by atomic mass is 32.2. The Morgan fingerprint density at radius 3 is 2.39 bits per heavy atom. The van der Waals surface area contributed by atoms with Gasteiger partial charge in [0.25, 0.3) is 21.6 Å². The number of methoxy groups -OCH3 is 1. The molecule has 15 heteroatoms. The quantitative estimate of drug-likeness (QED) is 0.0462. The topological polar surface area (TPSA) is 160 Å². The molecule has 1 aliphatic rings. The van der Waals surface area contributed by atoms with Crippen molar-refractivity contribution in [3.63, 3.8) is 0 Å². The molecule has 1 heterocycles. The van der Waals surface area contributed by atoms with Crippen molar-refractivity contribution < 1.29 is 32.4 Å². The maximum absolute atomic E-state index is 13.4. The summed E-state index contributed by atoms with van der Waals surface area (Å²) < 4.78 is 39.8. The number of amides is 2. The van der Waals surface area contributed by atoms with Crippen molar-refractivity contribution in [3.05, 3.63) is 112 Å². The van der Waals surface area contributed by atoms with Crippen LogP contribution in [0.5, 0.6) is 5.75 Å². The summed E-state index contributed by atoms with van der Waals surface area (Å²) in [5.74, 6) is 0.434. The predicted octanol–water partition coefficient (Wildman–Crippen LogP) is 6.49. The van der Waals surface area contributed by atoms with Crippen molar-refractivity contribution >= 4 is 45.0 Å². The standard InChI is InChI=1S/C41H49N5O8S2/c1-44(2)22-8-7-9-33(29-55-34-10-5-4-6-11-34)42-37-20-18-35(28-38(37)46(49)50)56(51,52)43-41(48)32-16-14-31(15-17-32)36-19-12-30(27-39(36)53-3)13-21-40(47)45-23-25-54-26-24-45/h4-6,10-12,14-20,27-28,33,42H,7-9,13,21-26,29H2,1-3H3,(H,43,48)/t33-/m1/s1. The lowest BCUT2D eigenvalue weighted by Crippen LogP contribution is -2.40. The number of thioether (sulfide) groups is 1. The molecule has 0 radical (unpaired) electrons. The summed E-state index contributed by atoms with van der Waals surface area (Å²) >= 11 is 1.64. The van der Waals surface area contributed by atoms with Crippen LogP contribution in [0.25, 0.3) is 11.1 Å². The molecule has 2 N–H and O–H groups in total. The summed E-state index contributed by atoms with van der Waals surface area (Å²) in [6.07, 6.45) is 3.54. The van der Waals surface area contributed by atoms with E-state index >= 15 is 0 Å². The number of sulfonamides is 1. The number of nitro benzene ring substituents is 1. The van der Waals surface area contributed by atoms with Gasteiger partial charge in [0, 0.05) is 53.4 Å². The summed E-state index contributed by atoms with van der Waals surface area (Å²) in [5, 5.41) is 15.5. The molecule has 0 aromatic heterocycles. The van der Waals surface area contributed by atoms with E-state index in [1.165, 1.54) is 24.3 Å². The van der Waals surface area contributed by atoms with E-state index in [9.17, 15) is 28.1 Å². The van der Waals surface area contributed by atoms with Gasteiger partial charge in [-0.05, 0) is 93.5 Å². The van der Waals surface area contributed by atoms with Gasteiger partial charge in [0.2, 0.25) is 5.91 Å². The smallest absolute Gasteiger partial charge is 0.293 e. The molecule has 0 unspecified atom stereocenters. The van der Waals surface area contributed by atoms with Gasteiger partial charge in [0.05, 0.1) is 30.1 Å². The van der Waals surface area contributed by atoms with Gasteiger partial charge in [0.15, 0.2) is 0 Å². The van der Waals surface area contributed by atoms with Crippen LogP contribution < -0.4 is 14.8 Å². The van der Waals surface area contributed by atoms with Crippen molar-refractivity contribution in [3.8, 4) is 16.9 Å². The molecule has 2 amide bonds. The Balaban J connectivity index is 1.24. The lowest BCUT2D eigenvalue weighted by atomic mass is 9.99. The lowest BCUT2D eigenvalue weighted by molar-refractivity contribution is -0.384. The summed E-state index contributed by atoms with van der Waals surface area (Å²) in [4.78, 5) is 42.0. The number of benzene rings is 4. The fourth-order valence-corrected chi connectivity index (χ4v) is 8.28. The van der Waals surface area contributed by atoms with Crippen LogP contribution >= 0.6 is 11.8 Å². The van der Waals surface area contributed by atoms with E-state index in [2.05, 4.69) is 14.9 Å². The maximum atomic E-state index is 13.4. The molecule has 0 saturated carbocycles. The first-order valence-corrected chi connectivity index (χ1v) is 21.0. The van der Waals surface area contributed by atoms with Crippen LogP contribution in [-0.4, -0.2) is 101 Å². The lowest BCUT2D eigenvalue weighted by Gasteiger charge is -2.26. The number of carbonyl (C=O) groups excluding carboxylic acids is 2. The third kappa shape index (κ3) is 12.0. The molecule has 1 aliphatic heterocycles. The highest BCUT2D eigenvalue weighted by Crippen LogP contribution is 2.33. The molecule has 298 valence electrons. The molecule has 13 nitrogen and oxygen atoms in total. The zero-order chi connectivity index (χ0) is 40.1. The van der Waals surface area contributed by atoms with Crippen molar-refractivity contribution in [1.29, 1.82) is 0 Å². The molecule has 0 aliphatic carbocycles. The van der Waals surface area contributed by atoms with Gasteiger partial charge >= 0.3 is 0 Å². The Kier molecular flexibility index (Phi) is 15.3. The summed E-state index contributed by atoms with van der Waals surface area (Å²) in [6.45, 7) is 3.22. The van der Waals surface area contributed by atoms with E-state index in [4.69, 9.17) is 9.47 Å². The molecule has 4 aromatic carbocycles. The zero-order valence-corrected chi connectivity index (χ0v) is 33.6. The minimum Gasteiger partial charge on any atom is -0.496 e. The minimum absolute atomic E-state index is 0.0790. The number of hydrogen-bond acceptors (Lipinski definition) is 11. The van der Waals surface area contributed by atoms with Gasteiger partial charge in [-0.25, -0.2) is 13.1 Å². The van der Waals surface area contributed by atoms with E-state index < -0.39 is 31.4 Å². The van der Waals surface area contributed by atoms with E-state index in [-0.39, 0.29) is 23.2 Å². The Morgan fingerprint density at radius 2 is 1.71 bits per heavy atom. The molecule has 56 heavy (non-hydrogen) atoms. The Labute approximate surface area is 333 Å². The molecule has 4 aromatic rings. The first-order chi connectivity index (χ1) is 26.9. The molecule has 5 rings (SSSR count). The minimum atomic E-state index is -4.47. The number of anilines is 1. The molecular weight excluding hydrogens is 755 g/mol. The SMILES string of the molecule is COc1cc(CCC(=O)N2CCOCC2)ccc1-c1ccc(C(=O)NS(=O)(=O)c2ccc(N[C@H](CCCCN(C)C)CSc3ccccc3)c([N+](=O)[O-])c2)cc1.